The number of hydrogen-bond acceptors (Lipinski definition) is 4. The highest BCUT2D eigenvalue weighted by atomic mass is 79.9. The lowest BCUT2D eigenvalue weighted by atomic mass is 9.89. The molecule has 7 heteroatoms. The lowest BCUT2D eigenvalue weighted by Crippen LogP contribution is -2.30. The lowest BCUT2D eigenvalue weighted by Gasteiger charge is -2.24. The van der Waals surface area contributed by atoms with Crippen LogP contribution in [-0.4, -0.2) is 16.8 Å². The fourth-order valence-corrected chi connectivity index (χ4v) is 4.22. The number of fused-ring (bicyclic) bond motifs is 1. The summed E-state index contributed by atoms with van der Waals surface area (Å²) < 4.78 is 1.01. The molecular weight excluding hydrogens is 438 g/mol. The Kier molecular flexibility index (Phi) is 5.54. The fourth-order valence-electron chi connectivity index (χ4n) is 3.22. The zero-order valence-corrected chi connectivity index (χ0v) is 17.3. The monoisotopic (exact) mass is 455 g/mol. The van der Waals surface area contributed by atoms with Gasteiger partial charge in [-0.3, -0.25) is 9.59 Å². The third-order valence-electron chi connectivity index (χ3n) is 4.72. The first-order chi connectivity index (χ1) is 13.6. The number of carbonyl (C=O) groups excluding carboxylic acids is 2. The number of aromatic nitrogens is 1. The minimum atomic E-state index is -0.185. The molecule has 0 bridgehead atoms. The van der Waals surface area contributed by atoms with E-state index < -0.39 is 0 Å². The number of thiazole rings is 1. The molecule has 2 aromatic carbocycles. The van der Waals surface area contributed by atoms with Gasteiger partial charge in [-0.05, 0) is 36.6 Å². The summed E-state index contributed by atoms with van der Waals surface area (Å²) in [6.45, 7) is 0. The predicted octanol–water partition coefficient (Wildman–Crippen LogP) is 5.10. The van der Waals surface area contributed by atoms with Crippen LogP contribution in [0.15, 0.2) is 58.4 Å². The van der Waals surface area contributed by atoms with Crippen molar-refractivity contribution in [3.63, 3.8) is 0 Å². The van der Waals surface area contributed by atoms with Gasteiger partial charge in [0.05, 0.1) is 5.69 Å². The van der Waals surface area contributed by atoms with Crippen molar-refractivity contribution in [2.75, 3.05) is 10.6 Å². The first-order valence-electron chi connectivity index (χ1n) is 8.98. The van der Waals surface area contributed by atoms with Gasteiger partial charge in [0.1, 0.15) is 0 Å². The van der Waals surface area contributed by atoms with E-state index in [-0.39, 0.29) is 24.2 Å². The molecule has 0 saturated heterocycles. The van der Waals surface area contributed by atoms with Gasteiger partial charge in [-0.15, -0.1) is 11.3 Å². The second-order valence-electron chi connectivity index (χ2n) is 6.68. The summed E-state index contributed by atoms with van der Waals surface area (Å²) in [6.07, 6.45) is 1.46. The summed E-state index contributed by atoms with van der Waals surface area (Å²) in [5.41, 5.74) is 3.82. The number of amides is 2. The van der Waals surface area contributed by atoms with E-state index in [9.17, 15) is 9.59 Å². The van der Waals surface area contributed by atoms with E-state index in [2.05, 4.69) is 31.5 Å². The van der Waals surface area contributed by atoms with Gasteiger partial charge in [-0.25, -0.2) is 4.98 Å². The van der Waals surface area contributed by atoms with Crippen LogP contribution < -0.4 is 10.6 Å². The maximum Gasteiger partial charge on any atom is 0.227 e. The Hall–Kier alpha value is -2.51. The minimum Gasteiger partial charge on any atom is -0.326 e. The number of carbonyl (C=O) groups is 2. The molecule has 4 rings (SSSR count). The normalized spacial score (nSPS) is 15.6. The van der Waals surface area contributed by atoms with Gasteiger partial charge in [-0.1, -0.05) is 46.3 Å². The molecule has 28 heavy (non-hydrogen) atoms. The molecular formula is C21H18BrN3O2S. The van der Waals surface area contributed by atoms with Gasteiger partial charge in [0.2, 0.25) is 11.8 Å². The molecule has 1 atom stereocenters. The van der Waals surface area contributed by atoms with Crippen molar-refractivity contribution in [1.82, 2.24) is 4.98 Å². The van der Waals surface area contributed by atoms with Crippen LogP contribution >= 0.6 is 27.3 Å². The third-order valence-corrected chi connectivity index (χ3v) is 6.01. The van der Waals surface area contributed by atoms with Crippen LogP contribution in [0.5, 0.6) is 0 Å². The molecule has 1 unspecified atom stereocenters. The van der Waals surface area contributed by atoms with Crippen molar-refractivity contribution >= 4 is 49.9 Å². The Bertz CT molecular complexity index is 1020. The van der Waals surface area contributed by atoms with Gasteiger partial charge in [-0.2, -0.15) is 0 Å². The first kappa shape index (κ1) is 18.8. The highest BCUT2D eigenvalue weighted by Crippen LogP contribution is 2.29. The van der Waals surface area contributed by atoms with Gasteiger partial charge in [0, 0.05) is 33.4 Å². The van der Waals surface area contributed by atoms with Crippen molar-refractivity contribution in [2.24, 2.45) is 5.92 Å². The number of benzene rings is 2. The van der Waals surface area contributed by atoms with E-state index >= 15 is 0 Å². The van der Waals surface area contributed by atoms with Crippen LogP contribution in [0.1, 0.15) is 18.4 Å². The zero-order chi connectivity index (χ0) is 19.5. The van der Waals surface area contributed by atoms with Crippen LogP contribution in [-0.2, 0) is 16.0 Å². The summed E-state index contributed by atoms with van der Waals surface area (Å²) in [7, 11) is 0. The Morgan fingerprint density at radius 2 is 2.00 bits per heavy atom. The van der Waals surface area contributed by atoms with Crippen molar-refractivity contribution in [2.45, 2.75) is 19.3 Å². The molecule has 2 N–H and O–H groups in total. The van der Waals surface area contributed by atoms with Gasteiger partial charge in [0.25, 0.3) is 0 Å². The topological polar surface area (TPSA) is 71.1 Å². The van der Waals surface area contributed by atoms with E-state index in [1.807, 2.05) is 53.9 Å². The highest BCUT2D eigenvalue weighted by Gasteiger charge is 2.26. The largest absolute Gasteiger partial charge is 0.326 e. The summed E-state index contributed by atoms with van der Waals surface area (Å²) in [5.74, 6) is -0.322. The van der Waals surface area contributed by atoms with Crippen molar-refractivity contribution in [1.29, 1.82) is 0 Å². The van der Waals surface area contributed by atoms with Crippen molar-refractivity contribution < 1.29 is 9.59 Å². The molecule has 0 spiro atoms. The lowest BCUT2D eigenvalue weighted by molar-refractivity contribution is -0.121. The molecule has 1 aliphatic rings. The maximum absolute atomic E-state index is 12.3. The molecule has 1 aliphatic heterocycles. The number of hydrogen-bond donors (Lipinski definition) is 2. The standard InChI is InChI=1S/C21H18BrN3O2S/c22-16-8-5-13(6-9-16)18-12-28-21(24-18)25-19(26)10-7-15-11-14-3-1-2-4-17(14)23-20(15)27/h1-6,8-9,12,15H,7,10-11H2,(H,23,27)(H,24,25,26). The smallest absolute Gasteiger partial charge is 0.227 e. The fraction of sp³-hybridized carbons (Fsp3) is 0.190. The van der Waals surface area contributed by atoms with E-state index in [0.717, 1.165) is 27.0 Å². The maximum atomic E-state index is 12.3. The van der Waals surface area contributed by atoms with E-state index in [1.54, 1.807) is 0 Å². The summed E-state index contributed by atoms with van der Waals surface area (Å²) >= 11 is 4.81. The molecule has 3 aromatic rings. The summed E-state index contributed by atoms with van der Waals surface area (Å²) in [6, 6.07) is 15.7. The average Bonchev–Trinajstić information content (AvgIpc) is 3.15. The number of nitrogens with zero attached hydrogens (tertiary/aromatic N) is 1. The zero-order valence-electron chi connectivity index (χ0n) is 14.9. The minimum absolute atomic E-state index is 0.0155. The SMILES string of the molecule is O=C(CCC1Cc2ccccc2NC1=O)Nc1nc(-c2ccc(Br)cc2)cs1. The average molecular weight is 456 g/mol. The molecule has 2 heterocycles. The van der Waals surface area contributed by atoms with Gasteiger partial charge in [0.15, 0.2) is 5.13 Å². The number of halogens is 1. The van der Waals surface area contributed by atoms with E-state index in [4.69, 9.17) is 0 Å². The van der Waals surface area contributed by atoms with Crippen LogP contribution in [0.3, 0.4) is 0 Å². The summed E-state index contributed by atoms with van der Waals surface area (Å²) in [4.78, 5) is 29.1. The molecule has 0 radical (unpaired) electrons. The van der Waals surface area contributed by atoms with Gasteiger partial charge < -0.3 is 10.6 Å². The molecule has 0 aliphatic carbocycles. The van der Waals surface area contributed by atoms with Crippen LogP contribution in [0.25, 0.3) is 11.3 Å². The van der Waals surface area contributed by atoms with E-state index in [0.29, 0.717) is 18.0 Å². The number of rotatable bonds is 5. The van der Waals surface area contributed by atoms with Crippen LogP contribution in [0.2, 0.25) is 0 Å². The Morgan fingerprint density at radius 3 is 2.82 bits per heavy atom. The third kappa shape index (κ3) is 4.31. The second-order valence-corrected chi connectivity index (χ2v) is 8.45. The van der Waals surface area contributed by atoms with Crippen molar-refractivity contribution in [3.05, 3.63) is 63.9 Å². The molecule has 5 nitrogen and oxygen atoms in total. The molecule has 2 amide bonds. The van der Waals surface area contributed by atoms with Crippen molar-refractivity contribution in [3.8, 4) is 11.3 Å². The Labute approximate surface area is 175 Å². The van der Waals surface area contributed by atoms with Gasteiger partial charge >= 0.3 is 0 Å². The van der Waals surface area contributed by atoms with Crippen LogP contribution in [0.4, 0.5) is 10.8 Å². The highest BCUT2D eigenvalue weighted by molar-refractivity contribution is 9.10. The molecule has 142 valence electrons. The molecule has 0 fully saturated rings. The second kappa shape index (κ2) is 8.24. The molecule has 1 aromatic heterocycles. The quantitative estimate of drug-likeness (QED) is 0.561. The van der Waals surface area contributed by atoms with Crippen LogP contribution in [0, 0.1) is 5.92 Å². The predicted molar refractivity (Wildman–Crippen MR) is 115 cm³/mol. The summed E-state index contributed by atoms with van der Waals surface area (Å²) in [5, 5.41) is 8.26. The Morgan fingerprint density at radius 1 is 1.21 bits per heavy atom. The molecule has 0 saturated carbocycles. The Balaban J connectivity index is 1.33. The first-order valence-corrected chi connectivity index (χ1v) is 10.7. The number of para-hydroxylation sites is 1. The number of nitrogens with one attached hydrogen (secondary N) is 2. The van der Waals surface area contributed by atoms with E-state index in [1.165, 1.54) is 11.3 Å². The number of anilines is 2.